The van der Waals surface area contributed by atoms with Crippen LogP contribution in [0.1, 0.15) is 26.7 Å². The van der Waals surface area contributed by atoms with Crippen LogP contribution in [0.2, 0.25) is 0 Å². The number of aliphatic carboxylic acids is 1. The molecule has 98 valence electrons. The lowest BCUT2D eigenvalue weighted by atomic mass is 9.89. The van der Waals surface area contributed by atoms with Gasteiger partial charge in [0.25, 0.3) is 5.91 Å². The minimum absolute atomic E-state index is 0.272. The molecule has 0 bridgehead atoms. The number of ether oxygens (including phenoxy) is 2. The molecule has 0 aromatic rings. The van der Waals surface area contributed by atoms with E-state index in [1.807, 2.05) is 0 Å². The van der Waals surface area contributed by atoms with E-state index in [1.165, 1.54) is 7.11 Å². The first-order valence-electron chi connectivity index (χ1n) is 5.53. The summed E-state index contributed by atoms with van der Waals surface area (Å²) in [5, 5.41) is 11.8. The van der Waals surface area contributed by atoms with Gasteiger partial charge in [-0.1, -0.05) is 0 Å². The molecule has 1 aliphatic heterocycles. The molecule has 1 fully saturated rings. The van der Waals surface area contributed by atoms with Crippen LogP contribution in [0.25, 0.3) is 0 Å². The quantitative estimate of drug-likeness (QED) is 0.737. The Bertz CT molecular complexity index is 307. The van der Waals surface area contributed by atoms with Gasteiger partial charge in [0.2, 0.25) is 0 Å². The molecule has 1 saturated heterocycles. The highest BCUT2D eigenvalue weighted by Crippen LogP contribution is 2.22. The van der Waals surface area contributed by atoms with Gasteiger partial charge in [-0.3, -0.25) is 4.79 Å². The minimum atomic E-state index is -1.23. The number of carboxylic acid groups (broad SMARTS) is 1. The van der Waals surface area contributed by atoms with E-state index in [0.29, 0.717) is 13.2 Å². The number of amides is 1. The van der Waals surface area contributed by atoms with Gasteiger partial charge in [0.1, 0.15) is 11.1 Å². The zero-order valence-corrected chi connectivity index (χ0v) is 10.4. The van der Waals surface area contributed by atoms with Crippen molar-refractivity contribution in [3.05, 3.63) is 0 Å². The van der Waals surface area contributed by atoms with Gasteiger partial charge in [-0.05, 0) is 13.8 Å². The van der Waals surface area contributed by atoms with Crippen molar-refractivity contribution in [2.45, 2.75) is 37.8 Å². The Labute approximate surface area is 100 Å². The molecule has 0 atom stereocenters. The maximum Gasteiger partial charge on any atom is 0.329 e. The van der Waals surface area contributed by atoms with Gasteiger partial charge < -0.3 is 19.9 Å². The first-order valence-corrected chi connectivity index (χ1v) is 5.53. The molecule has 0 spiro atoms. The van der Waals surface area contributed by atoms with E-state index in [0.717, 1.165) is 0 Å². The zero-order chi connectivity index (χ0) is 13.1. The van der Waals surface area contributed by atoms with E-state index in [-0.39, 0.29) is 12.8 Å². The fourth-order valence-electron chi connectivity index (χ4n) is 1.57. The zero-order valence-electron chi connectivity index (χ0n) is 10.4. The van der Waals surface area contributed by atoms with Crippen molar-refractivity contribution in [2.24, 2.45) is 0 Å². The number of carboxylic acids is 1. The first-order chi connectivity index (χ1) is 7.84. The lowest BCUT2D eigenvalue weighted by Crippen LogP contribution is -2.61. The second-order valence-electron chi connectivity index (χ2n) is 4.67. The fraction of sp³-hybridized carbons (Fsp3) is 0.818. The average molecular weight is 245 g/mol. The fourth-order valence-corrected chi connectivity index (χ4v) is 1.57. The van der Waals surface area contributed by atoms with Crippen LogP contribution < -0.4 is 5.32 Å². The minimum Gasteiger partial charge on any atom is -0.480 e. The van der Waals surface area contributed by atoms with Crippen LogP contribution in [0.4, 0.5) is 0 Å². The maximum absolute atomic E-state index is 11.9. The second kappa shape index (κ2) is 5.01. The van der Waals surface area contributed by atoms with Gasteiger partial charge in [-0.15, -0.1) is 0 Å². The Morgan fingerprint density at radius 1 is 1.35 bits per heavy atom. The Kier molecular flexibility index (Phi) is 4.11. The molecule has 6 heteroatoms. The maximum atomic E-state index is 11.9. The molecule has 0 aromatic carbocycles. The molecule has 17 heavy (non-hydrogen) atoms. The monoisotopic (exact) mass is 245 g/mol. The number of methoxy groups -OCH3 is 1. The van der Waals surface area contributed by atoms with Crippen LogP contribution >= 0.6 is 0 Å². The first kappa shape index (κ1) is 13.9. The molecule has 0 aliphatic carbocycles. The molecule has 1 amide bonds. The van der Waals surface area contributed by atoms with E-state index >= 15 is 0 Å². The van der Waals surface area contributed by atoms with E-state index in [1.54, 1.807) is 13.8 Å². The van der Waals surface area contributed by atoms with Crippen molar-refractivity contribution >= 4 is 11.9 Å². The lowest BCUT2D eigenvalue weighted by molar-refractivity contribution is -0.156. The Morgan fingerprint density at radius 2 is 1.88 bits per heavy atom. The lowest BCUT2D eigenvalue weighted by Gasteiger charge is -2.36. The summed E-state index contributed by atoms with van der Waals surface area (Å²) in [5.74, 6) is -1.45. The third-order valence-corrected chi connectivity index (χ3v) is 3.17. The number of hydrogen-bond donors (Lipinski definition) is 2. The van der Waals surface area contributed by atoms with Crippen molar-refractivity contribution in [2.75, 3.05) is 20.3 Å². The number of nitrogens with one attached hydrogen (secondary N) is 1. The van der Waals surface area contributed by atoms with Crippen LogP contribution in [0.5, 0.6) is 0 Å². The standard InChI is InChI=1S/C11H19NO5/c1-10(2,16-3)8(13)12-11(9(14)15)4-6-17-7-5-11/h4-7H2,1-3H3,(H,12,13)(H,14,15). The summed E-state index contributed by atoms with van der Waals surface area (Å²) in [6.07, 6.45) is 0.543. The molecule has 2 N–H and O–H groups in total. The summed E-state index contributed by atoms with van der Waals surface area (Å²) < 4.78 is 10.2. The molecular formula is C11H19NO5. The van der Waals surface area contributed by atoms with E-state index in [9.17, 15) is 14.7 Å². The molecule has 1 heterocycles. The van der Waals surface area contributed by atoms with Crippen LogP contribution in [0.3, 0.4) is 0 Å². The van der Waals surface area contributed by atoms with Gasteiger partial charge >= 0.3 is 5.97 Å². The van der Waals surface area contributed by atoms with Crippen molar-refractivity contribution in [1.29, 1.82) is 0 Å². The molecule has 0 unspecified atom stereocenters. The SMILES string of the molecule is COC(C)(C)C(=O)NC1(C(=O)O)CCOCC1. The normalized spacial score (nSPS) is 19.7. The van der Waals surface area contributed by atoms with Gasteiger partial charge in [0.15, 0.2) is 0 Å². The van der Waals surface area contributed by atoms with Crippen molar-refractivity contribution in [1.82, 2.24) is 5.32 Å². The molecule has 1 aliphatic rings. The molecular weight excluding hydrogens is 226 g/mol. The number of carbonyl (C=O) groups excluding carboxylic acids is 1. The summed E-state index contributed by atoms with van der Waals surface area (Å²) in [7, 11) is 1.41. The van der Waals surface area contributed by atoms with Crippen LogP contribution in [0.15, 0.2) is 0 Å². The predicted molar refractivity (Wildman–Crippen MR) is 59.7 cm³/mol. The van der Waals surface area contributed by atoms with Crippen LogP contribution in [0, 0.1) is 0 Å². The summed E-state index contributed by atoms with van der Waals surface area (Å²) in [4.78, 5) is 23.2. The summed E-state index contributed by atoms with van der Waals surface area (Å²) in [5.41, 5.74) is -2.27. The molecule has 6 nitrogen and oxygen atoms in total. The summed E-state index contributed by atoms with van der Waals surface area (Å²) in [6.45, 7) is 3.86. The van der Waals surface area contributed by atoms with Gasteiger partial charge in [-0.25, -0.2) is 4.79 Å². The largest absolute Gasteiger partial charge is 0.480 e. The third kappa shape index (κ3) is 2.95. The third-order valence-electron chi connectivity index (χ3n) is 3.17. The van der Waals surface area contributed by atoms with Gasteiger partial charge in [0.05, 0.1) is 0 Å². The Balaban J connectivity index is 2.81. The van der Waals surface area contributed by atoms with E-state index in [4.69, 9.17) is 9.47 Å². The molecule has 0 saturated carbocycles. The second-order valence-corrected chi connectivity index (χ2v) is 4.67. The summed E-state index contributed by atoms with van der Waals surface area (Å²) in [6, 6.07) is 0. The highest BCUT2D eigenvalue weighted by molar-refractivity contribution is 5.91. The van der Waals surface area contributed by atoms with Crippen molar-refractivity contribution in [3.63, 3.8) is 0 Å². The summed E-state index contributed by atoms with van der Waals surface area (Å²) >= 11 is 0. The van der Waals surface area contributed by atoms with Crippen LogP contribution in [-0.2, 0) is 19.1 Å². The molecule has 1 rings (SSSR count). The van der Waals surface area contributed by atoms with E-state index in [2.05, 4.69) is 5.32 Å². The van der Waals surface area contributed by atoms with Crippen LogP contribution in [-0.4, -0.2) is 48.4 Å². The Morgan fingerprint density at radius 3 is 2.29 bits per heavy atom. The Hall–Kier alpha value is -1.14. The topological polar surface area (TPSA) is 84.9 Å². The highest BCUT2D eigenvalue weighted by Gasteiger charge is 2.44. The van der Waals surface area contributed by atoms with Gasteiger partial charge in [0, 0.05) is 33.2 Å². The van der Waals surface area contributed by atoms with Gasteiger partial charge in [-0.2, -0.15) is 0 Å². The molecule has 0 aromatic heterocycles. The number of hydrogen-bond acceptors (Lipinski definition) is 4. The van der Waals surface area contributed by atoms with E-state index < -0.39 is 23.0 Å². The molecule has 0 radical (unpaired) electrons. The number of rotatable bonds is 4. The van der Waals surface area contributed by atoms with Crippen molar-refractivity contribution < 1.29 is 24.2 Å². The average Bonchev–Trinajstić information content (AvgIpc) is 2.30. The number of carbonyl (C=O) groups is 2. The van der Waals surface area contributed by atoms with Crippen molar-refractivity contribution in [3.8, 4) is 0 Å². The highest BCUT2D eigenvalue weighted by atomic mass is 16.5. The smallest absolute Gasteiger partial charge is 0.329 e. The predicted octanol–water partition coefficient (Wildman–Crippen LogP) is 0.161.